The fourth-order valence-electron chi connectivity index (χ4n) is 4.52. The van der Waals surface area contributed by atoms with Crippen LogP contribution in [0.4, 0.5) is 10.6 Å². The number of rotatable bonds is 2. The van der Waals surface area contributed by atoms with Gasteiger partial charge in [0.05, 0.1) is 5.69 Å². The van der Waals surface area contributed by atoms with Crippen LogP contribution in [0.1, 0.15) is 20.8 Å². The number of anilines is 1. The fraction of sp³-hybridized carbons (Fsp3) is 0.435. The van der Waals surface area contributed by atoms with E-state index in [4.69, 9.17) is 4.74 Å². The summed E-state index contributed by atoms with van der Waals surface area (Å²) in [6, 6.07) is 12.4. The van der Waals surface area contributed by atoms with Crippen molar-refractivity contribution >= 4 is 22.8 Å². The summed E-state index contributed by atoms with van der Waals surface area (Å²) < 4.78 is 5.52. The van der Waals surface area contributed by atoms with Gasteiger partial charge >= 0.3 is 6.09 Å². The summed E-state index contributed by atoms with van der Waals surface area (Å²) in [5, 5.41) is 10.1. The fourth-order valence-corrected chi connectivity index (χ4v) is 4.52. The molecular weight excluding hydrogens is 378 g/mol. The number of hydrogen-bond donors (Lipinski definition) is 1. The summed E-state index contributed by atoms with van der Waals surface area (Å²) >= 11 is 0. The molecule has 0 unspecified atom stereocenters. The molecule has 1 N–H and O–H groups in total. The highest BCUT2D eigenvalue weighted by molar-refractivity contribution is 5.84. The molecule has 2 fully saturated rings. The lowest BCUT2D eigenvalue weighted by Gasteiger charge is -2.26. The van der Waals surface area contributed by atoms with E-state index in [1.807, 2.05) is 37.9 Å². The smallest absolute Gasteiger partial charge is 0.410 e. The number of amides is 1. The van der Waals surface area contributed by atoms with E-state index in [1.165, 1.54) is 5.39 Å². The molecule has 4 heterocycles. The highest BCUT2D eigenvalue weighted by Crippen LogP contribution is 2.34. The van der Waals surface area contributed by atoms with Gasteiger partial charge in [-0.1, -0.05) is 6.07 Å². The van der Waals surface area contributed by atoms with E-state index < -0.39 is 5.60 Å². The first kappa shape index (κ1) is 18.9. The van der Waals surface area contributed by atoms with Crippen molar-refractivity contribution in [3.8, 4) is 11.3 Å². The first-order chi connectivity index (χ1) is 14.4. The van der Waals surface area contributed by atoms with Gasteiger partial charge in [0, 0.05) is 60.7 Å². The number of H-pyrrole nitrogens is 1. The number of hydrogen-bond acceptors (Lipinski definition) is 5. The lowest BCUT2D eigenvalue weighted by molar-refractivity contribution is 0.0282. The van der Waals surface area contributed by atoms with Gasteiger partial charge in [0.2, 0.25) is 0 Å². The molecule has 2 aromatic heterocycles. The predicted octanol–water partition coefficient (Wildman–Crippen LogP) is 3.93. The third-order valence-corrected chi connectivity index (χ3v) is 5.96. The number of aromatic amines is 1. The van der Waals surface area contributed by atoms with Crippen LogP contribution in [0.25, 0.3) is 22.2 Å². The van der Waals surface area contributed by atoms with Crippen LogP contribution in [0.15, 0.2) is 42.6 Å². The van der Waals surface area contributed by atoms with Crippen molar-refractivity contribution in [1.82, 2.24) is 20.1 Å². The molecule has 3 aromatic rings. The molecule has 2 saturated heterocycles. The maximum Gasteiger partial charge on any atom is 0.410 e. The van der Waals surface area contributed by atoms with Gasteiger partial charge in [-0.25, -0.2) is 4.79 Å². The van der Waals surface area contributed by atoms with Crippen molar-refractivity contribution < 1.29 is 9.53 Å². The molecule has 0 spiro atoms. The maximum absolute atomic E-state index is 12.3. The Labute approximate surface area is 176 Å². The van der Waals surface area contributed by atoms with E-state index in [-0.39, 0.29) is 6.09 Å². The number of likely N-dealkylation sites (tertiary alicyclic amines) is 1. The number of aromatic nitrogens is 3. The lowest BCUT2D eigenvalue weighted by Crippen LogP contribution is -2.37. The summed E-state index contributed by atoms with van der Waals surface area (Å²) in [4.78, 5) is 19.7. The van der Waals surface area contributed by atoms with E-state index in [0.29, 0.717) is 11.8 Å². The zero-order valence-corrected chi connectivity index (χ0v) is 17.6. The van der Waals surface area contributed by atoms with E-state index in [2.05, 4.69) is 50.4 Å². The quantitative estimate of drug-likeness (QED) is 0.699. The van der Waals surface area contributed by atoms with Gasteiger partial charge in [0.1, 0.15) is 5.60 Å². The second kappa shape index (κ2) is 7.00. The molecule has 0 saturated carbocycles. The van der Waals surface area contributed by atoms with Crippen LogP contribution < -0.4 is 4.90 Å². The van der Waals surface area contributed by atoms with Crippen LogP contribution >= 0.6 is 0 Å². The standard InChI is InChI=1S/C23H27N5O2/c1-23(2,3)30-22(29)28-13-17-11-27(12-18(17)14-28)21-7-6-20(25-26-21)15-4-5-19-16(10-15)8-9-24-19/h4-10,17-18,24H,11-14H2,1-3H3/t17-,18+. The van der Waals surface area contributed by atoms with Crippen LogP contribution in [-0.2, 0) is 4.74 Å². The van der Waals surface area contributed by atoms with E-state index >= 15 is 0 Å². The van der Waals surface area contributed by atoms with Gasteiger partial charge in [0.25, 0.3) is 0 Å². The van der Waals surface area contributed by atoms with Crippen LogP contribution in [-0.4, -0.2) is 58.0 Å². The molecule has 2 aliphatic rings. The topological polar surface area (TPSA) is 74.3 Å². The Kier molecular flexibility index (Phi) is 4.41. The van der Waals surface area contributed by atoms with Crippen molar-refractivity contribution in [3.63, 3.8) is 0 Å². The van der Waals surface area contributed by atoms with Gasteiger partial charge in [-0.05, 0) is 51.1 Å². The zero-order chi connectivity index (χ0) is 20.9. The summed E-state index contributed by atoms with van der Waals surface area (Å²) in [6.45, 7) is 9.00. The summed E-state index contributed by atoms with van der Waals surface area (Å²) in [5.41, 5.74) is 2.60. The molecule has 5 rings (SSSR count). The molecule has 7 nitrogen and oxygen atoms in total. The SMILES string of the molecule is CC(C)(C)OC(=O)N1C[C@@H]2CN(c3ccc(-c4ccc5[nH]ccc5c4)nn3)C[C@@H]2C1. The highest BCUT2D eigenvalue weighted by atomic mass is 16.6. The Morgan fingerprint density at radius 1 is 1.03 bits per heavy atom. The Balaban J connectivity index is 1.24. The molecule has 2 atom stereocenters. The number of ether oxygens (including phenoxy) is 1. The second-order valence-electron chi connectivity index (χ2n) is 9.37. The van der Waals surface area contributed by atoms with Crippen molar-refractivity contribution in [3.05, 3.63) is 42.6 Å². The molecule has 156 valence electrons. The highest BCUT2D eigenvalue weighted by Gasteiger charge is 2.43. The molecule has 1 amide bonds. The van der Waals surface area contributed by atoms with E-state index in [9.17, 15) is 4.79 Å². The minimum absolute atomic E-state index is 0.202. The van der Waals surface area contributed by atoms with Crippen molar-refractivity contribution in [2.24, 2.45) is 11.8 Å². The van der Waals surface area contributed by atoms with Crippen molar-refractivity contribution in [2.45, 2.75) is 26.4 Å². The first-order valence-electron chi connectivity index (χ1n) is 10.5. The van der Waals surface area contributed by atoms with Gasteiger partial charge in [-0.15, -0.1) is 10.2 Å². The molecule has 0 bridgehead atoms. The number of carbonyl (C=O) groups excluding carboxylic acids is 1. The predicted molar refractivity (Wildman–Crippen MR) is 116 cm³/mol. The van der Waals surface area contributed by atoms with Gasteiger partial charge in [0.15, 0.2) is 5.82 Å². The Hall–Kier alpha value is -3.09. The van der Waals surface area contributed by atoms with Gasteiger partial charge in [-0.2, -0.15) is 0 Å². The summed E-state index contributed by atoms with van der Waals surface area (Å²) in [7, 11) is 0. The van der Waals surface area contributed by atoms with Crippen molar-refractivity contribution in [2.75, 3.05) is 31.1 Å². The first-order valence-corrected chi connectivity index (χ1v) is 10.5. The van der Waals surface area contributed by atoms with E-state index in [1.54, 1.807) is 0 Å². The zero-order valence-electron chi connectivity index (χ0n) is 17.6. The minimum Gasteiger partial charge on any atom is -0.444 e. The second-order valence-corrected chi connectivity index (χ2v) is 9.37. The molecule has 0 aliphatic carbocycles. The largest absolute Gasteiger partial charge is 0.444 e. The Bertz CT molecular complexity index is 1060. The number of benzene rings is 1. The number of nitrogens with one attached hydrogen (secondary N) is 1. The van der Waals surface area contributed by atoms with Crippen LogP contribution in [0.3, 0.4) is 0 Å². The monoisotopic (exact) mass is 405 g/mol. The average molecular weight is 406 g/mol. The number of nitrogens with zero attached hydrogens (tertiary/aromatic N) is 4. The molecule has 7 heteroatoms. The third-order valence-electron chi connectivity index (χ3n) is 5.96. The molecule has 1 aromatic carbocycles. The van der Waals surface area contributed by atoms with Crippen molar-refractivity contribution in [1.29, 1.82) is 0 Å². The van der Waals surface area contributed by atoms with E-state index in [0.717, 1.165) is 48.8 Å². The minimum atomic E-state index is -0.455. The Morgan fingerprint density at radius 2 is 1.80 bits per heavy atom. The number of carbonyl (C=O) groups is 1. The van der Waals surface area contributed by atoms with Crippen LogP contribution in [0.5, 0.6) is 0 Å². The van der Waals surface area contributed by atoms with Gasteiger partial charge < -0.3 is 19.5 Å². The summed E-state index contributed by atoms with van der Waals surface area (Å²) in [6.07, 6.45) is 1.74. The summed E-state index contributed by atoms with van der Waals surface area (Å²) in [5.74, 6) is 1.81. The normalized spacial score (nSPS) is 21.3. The van der Waals surface area contributed by atoms with Gasteiger partial charge in [-0.3, -0.25) is 0 Å². The average Bonchev–Trinajstić information content (AvgIpc) is 3.40. The molecule has 30 heavy (non-hydrogen) atoms. The molecular formula is C23H27N5O2. The molecule has 2 aliphatic heterocycles. The van der Waals surface area contributed by atoms with Crippen LogP contribution in [0.2, 0.25) is 0 Å². The third kappa shape index (κ3) is 3.60. The maximum atomic E-state index is 12.3. The Morgan fingerprint density at radius 3 is 2.47 bits per heavy atom. The molecule has 0 radical (unpaired) electrons. The lowest BCUT2D eigenvalue weighted by atomic mass is 10.0. The number of fused-ring (bicyclic) bond motifs is 2. The van der Waals surface area contributed by atoms with Crippen LogP contribution in [0, 0.1) is 11.8 Å².